The largest absolute Gasteiger partial charge is 0.495 e. The average Bonchev–Trinajstić information content (AvgIpc) is 3.00. The van der Waals surface area contributed by atoms with E-state index in [1.165, 1.54) is 0 Å². The molecule has 0 aliphatic carbocycles. The first-order valence-electron chi connectivity index (χ1n) is 7.62. The van der Waals surface area contributed by atoms with E-state index in [0.717, 1.165) is 44.0 Å². The van der Waals surface area contributed by atoms with Crippen LogP contribution in [-0.2, 0) is 6.54 Å². The minimum absolute atomic E-state index is 0.581. The van der Waals surface area contributed by atoms with Gasteiger partial charge in [-0.3, -0.25) is 0 Å². The Balaban J connectivity index is 2.07. The molecular formula is C15H24N6O. The molecule has 2 N–H and O–H groups in total. The zero-order valence-corrected chi connectivity index (χ0v) is 13.5. The van der Waals surface area contributed by atoms with E-state index >= 15 is 0 Å². The van der Waals surface area contributed by atoms with Crippen LogP contribution in [0.2, 0.25) is 0 Å². The number of rotatable bonds is 8. The molecule has 0 spiro atoms. The molecule has 1 aromatic heterocycles. The molecule has 22 heavy (non-hydrogen) atoms. The van der Waals surface area contributed by atoms with E-state index < -0.39 is 0 Å². The highest BCUT2D eigenvalue weighted by molar-refractivity contribution is 5.66. The second kappa shape index (κ2) is 7.74. The molecule has 0 fully saturated rings. The predicted octanol–water partition coefficient (Wildman–Crippen LogP) is 1.66. The number of tetrazole rings is 1. The maximum Gasteiger partial charge on any atom is 0.182 e. The quantitative estimate of drug-likeness (QED) is 0.747. The topological polar surface area (TPSA) is 82.1 Å². The van der Waals surface area contributed by atoms with Crippen molar-refractivity contribution in [1.29, 1.82) is 0 Å². The molecule has 0 unspecified atom stereocenters. The van der Waals surface area contributed by atoms with Crippen LogP contribution in [0.4, 0.5) is 5.69 Å². The van der Waals surface area contributed by atoms with Gasteiger partial charge in [-0.25, -0.2) is 4.68 Å². The van der Waals surface area contributed by atoms with Crippen LogP contribution in [0.3, 0.4) is 0 Å². The number of aryl methyl sites for hydroxylation is 1. The highest BCUT2D eigenvalue weighted by Gasteiger charge is 2.11. The van der Waals surface area contributed by atoms with Gasteiger partial charge in [0.15, 0.2) is 5.82 Å². The third kappa shape index (κ3) is 3.73. The van der Waals surface area contributed by atoms with E-state index in [-0.39, 0.29) is 0 Å². The van der Waals surface area contributed by atoms with Crippen molar-refractivity contribution >= 4 is 5.69 Å². The van der Waals surface area contributed by atoms with Gasteiger partial charge in [-0.2, -0.15) is 0 Å². The highest BCUT2D eigenvalue weighted by Crippen LogP contribution is 2.26. The summed E-state index contributed by atoms with van der Waals surface area (Å²) in [5.74, 6) is 1.39. The van der Waals surface area contributed by atoms with Crippen LogP contribution in [0.1, 0.15) is 20.3 Å². The Morgan fingerprint density at radius 3 is 2.68 bits per heavy atom. The number of hydrogen-bond donors (Lipinski definition) is 1. The molecule has 1 aromatic carbocycles. The highest BCUT2D eigenvalue weighted by atomic mass is 16.5. The molecular weight excluding hydrogens is 280 g/mol. The van der Waals surface area contributed by atoms with Gasteiger partial charge in [0.25, 0.3) is 0 Å². The fourth-order valence-electron chi connectivity index (χ4n) is 2.42. The van der Waals surface area contributed by atoms with Crippen LogP contribution >= 0.6 is 0 Å². The summed E-state index contributed by atoms with van der Waals surface area (Å²) < 4.78 is 7.00. The van der Waals surface area contributed by atoms with Crippen LogP contribution < -0.4 is 10.5 Å². The summed E-state index contributed by atoms with van der Waals surface area (Å²) in [5, 5.41) is 12.0. The molecule has 0 aliphatic rings. The summed E-state index contributed by atoms with van der Waals surface area (Å²) in [7, 11) is 1.60. The summed E-state index contributed by atoms with van der Waals surface area (Å²) in [4.78, 5) is 2.38. The molecule has 0 saturated carbocycles. The SMILES string of the molecule is CCN(CC)CCCn1nnnc1-c1ccc(OC)c(N)c1. The monoisotopic (exact) mass is 304 g/mol. The van der Waals surface area contributed by atoms with Gasteiger partial charge in [-0.05, 0) is 54.7 Å². The zero-order valence-electron chi connectivity index (χ0n) is 13.5. The van der Waals surface area contributed by atoms with Gasteiger partial charge in [0, 0.05) is 12.1 Å². The van der Waals surface area contributed by atoms with Gasteiger partial charge in [0.05, 0.1) is 12.8 Å². The van der Waals surface area contributed by atoms with Crippen molar-refractivity contribution in [2.75, 3.05) is 32.5 Å². The van der Waals surface area contributed by atoms with Gasteiger partial charge in [-0.1, -0.05) is 13.8 Å². The maximum atomic E-state index is 5.95. The van der Waals surface area contributed by atoms with Crippen LogP contribution in [0.25, 0.3) is 11.4 Å². The molecule has 2 rings (SSSR count). The number of nitrogens with zero attached hydrogens (tertiary/aromatic N) is 5. The predicted molar refractivity (Wildman–Crippen MR) is 86.6 cm³/mol. The fourth-order valence-corrected chi connectivity index (χ4v) is 2.42. The second-order valence-corrected chi connectivity index (χ2v) is 5.06. The lowest BCUT2D eigenvalue weighted by Gasteiger charge is -2.17. The molecule has 7 heteroatoms. The average molecular weight is 304 g/mol. The molecule has 2 aromatic rings. The minimum atomic E-state index is 0.581. The van der Waals surface area contributed by atoms with Crippen molar-refractivity contribution in [3.63, 3.8) is 0 Å². The first-order valence-corrected chi connectivity index (χ1v) is 7.62. The second-order valence-electron chi connectivity index (χ2n) is 5.06. The summed E-state index contributed by atoms with van der Waals surface area (Å²) in [6.07, 6.45) is 1.01. The molecule has 0 amide bonds. The smallest absolute Gasteiger partial charge is 0.182 e. The van der Waals surface area contributed by atoms with Crippen LogP contribution in [0.15, 0.2) is 18.2 Å². The van der Waals surface area contributed by atoms with E-state index in [0.29, 0.717) is 11.4 Å². The Labute approximate surface area is 131 Å². The molecule has 0 radical (unpaired) electrons. The first-order chi connectivity index (χ1) is 10.7. The van der Waals surface area contributed by atoms with Crippen molar-refractivity contribution in [3.05, 3.63) is 18.2 Å². The molecule has 120 valence electrons. The lowest BCUT2D eigenvalue weighted by atomic mass is 10.1. The Kier molecular flexibility index (Phi) is 5.71. The van der Waals surface area contributed by atoms with Crippen LogP contribution in [0.5, 0.6) is 5.75 Å². The standard InChI is InChI=1S/C15H24N6O/c1-4-20(5-2)9-6-10-21-15(17-18-19-21)12-7-8-14(22-3)13(16)11-12/h7-8,11H,4-6,9-10,16H2,1-3H3. The maximum absolute atomic E-state index is 5.95. The van der Waals surface area contributed by atoms with Crippen molar-refractivity contribution in [2.45, 2.75) is 26.8 Å². The Bertz CT molecular complexity index is 593. The van der Waals surface area contributed by atoms with Crippen LogP contribution in [-0.4, -0.2) is 51.9 Å². The van der Waals surface area contributed by atoms with Crippen molar-refractivity contribution < 1.29 is 4.74 Å². The lowest BCUT2D eigenvalue weighted by Crippen LogP contribution is -2.25. The van der Waals surface area contributed by atoms with E-state index in [2.05, 4.69) is 34.3 Å². The van der Waals surface area contributed by atoms with E-state index in [4.69, 9.17) is 10.5 Å². The fraction of sp³-hybridized carbons (Fsp3) is 0.533. The molecule has 0 saturated heterocycles. The van der Waals surface area contributed by atoms with E-state index in [9.17, 15) is 0 Å². The van der Waals surface area contributed by atoms with Gasteiger partial charge >= 0.3 is 0 Å². The number of nitrogens with two attached hydrogens (primary N) is 1. The first kappa shape index (κ1) is 16.2. The van der Waals surface area contributed by atoms with Crippen molar-refractivity contribution in [2.24, 2.45) is 0 Å². The zero-order chi connectivity index (χ0) is 15.9. The lowest BCUT2D eigenvalue weighted by molar-refractivity contribution is 0.291. The number of ether oxygens (including phenoxy) is 1. The number of nitrogen functional groups attached to an aromatic ring is 1. The van der Waals surface area contributed by atoms with Gasteiger partial charge in [0.2, 0.25) is 0 Å². The third-order valence-electron chi connectivity index (χ3n) is 3.76. The van der Waals surface area contributed by atoms with Crippen molar-refractivity contribution in [1.82, 2.24) is 25.1 Å². The number of hydrogen-bond acceptors (Lipinski definition) is 6. The summed E-state index contributed by atoms with van der Waals surface area (Å²) >= 11 is 0. The van der Waals surface area contributed by atoms with Crippen LogP contribution in [0, 0.1) is 0 Å². The Morgan fingerprint density at radius 1 is 1.27 bits per heavy atom. The number of methoxy groups -OCH3 is 1. The van der Waals surface area contributed by atoms with Gasteiger partial charge in [0.1, 0.15) is 5.75 Å². The van der Waals surface area contributed by atoms with E-state index in [1.54, 1.807) is 7.11 Å². The summed E-state index contributed by atoms with van der Waals surface area (Å²) in [5.41, 5.74) is 7.43. The molecule has 1 heterocycles. The molecule has 0 aliphatic heterocycles. The number of benzene rings is 1. The molecule has 0 bridgehead atoms. The Hall–Kier alpha value is -2.15. The summed E-state index contributed by atoms with van der Waals surface area (Å²) in [6, 6.07) is 5.59. The number of aromatic nitrogens is 4. The minimum Gasteiger partial charge on any atom is -0.495 e. The third-order valence-corrected chi connectivity index (χ3v) is 3.76. The summed E-state index contributed by atoms with van der Waals surface area (Å²) in [6.45, 7) is 8.29. The van der Waals surface area contributed by atoms with Crippen molar-refractivity contribution in [3.8, 4) is 17.1 Å². The normalized spacial score (nSPS) is 11.1. The van der Waals surface area contributed by atoms with Gasteiger partial charge < -0.3 is 15.4 Å². The van der Waals surface area contributed by atoms with E-state index in [1.807, 2.05) is 22.9 Å². The molecule has 0 atom stereocenters. The van der Waals surface area contributed by atoms with Gasteiger partial charge in [-0.15, -0.1) is 5.10 Å². The number of anilines is 1. The molecule has 7 nitrogen and oxygen atoms in total. The Morgan fingerprint density at radius 2 is 2.05 bits per heavy atom.